The van der Waals surface area contributed by atoms with Gasteiger partial charge in [-0.2, -0.15) is 0 Å². The van der Waals surface area contributed by atoms with Gasteiger partial charge in [0.2, 0.25) is 6.29 Å². The summed E-state index contributed by atoms with van der Waals surface area (Å²) in [5.41, 5.74) is 0.579. The Morgan fingerprint density at radius 1 is 1.12 bits per heavy atom. The lowest BCUT2D eigenvalue weighted by molar-refractivity contribution is -0.138. The van der Waals surface area contributed by atoms with Gasteiger partial charge in [-0.15, -0.1) is 0 Å². The van der Waals surface area contributed by atoms with Gasteiger partial charge in [0.15, 0.2) is 5.78 Å². The highest BCUT2D eigenvalue weighted by molar-refractivity contribution is 5.98. The number of benzene rings is 1. The number of carbonyl (C=O) groups excluding carboxylic acids is 3. The molecular formula is C20H27O4. The van der Waals surface area contributed by atoms with E-state index in [4.69, 9.17) is 4.74 Å². The van der Waals surface area contributed by atoms with Crippen LogP contribution in [0.15, 0.2) is 18.2 Å². The first-order valence-corrected chi connectivity index (χ1v) is 8.80. The first-order chi connectivity index (χ1) is 11.5. The Morgan fingerprint density at radius 2 is 1.83 bits per heavy atom. The molecule has 1 unspecified atom stereocenters. The molecule has 0 aromatic heterocycles. The van der Waals surface area contributed by atoms with Crippen molar-refractivity contribution in [1.82, 2.24) is 0 Å². The molecule has 4 nitrogen and oxygen atoms in total. The third-order valence-corrected chi connectivity index (χ3v) is 4.14. The van der Waals surface area contributed by atoms with Crippen LogP contribution in [0.25, 0.3) is 0 Å². The summed E-state index contributed by atoms with van der Waals surface area (Å²) in [4.78, 5) is 35.2. The number of carbonyl (C=O) groups is 2. The van der Waals surface area contributed by atoms with E-state index in [1.165, 1.54) is 25.0 Å². The van der Waals surface area contributed by atoms with Gasteiger partial charge in [-0.25, -0.2) is 0 Å². The highest BCUT2D eigenvalue weighted by atomic mass is 16.5. The average Bonchev–Trinajstić information content (AvgIpc) is 2.60. The van der Waals surface area contributed by atoms with Crippen LogP contribution < -0.4 is 4.74 Å². The van der Waals surface area contributed by atoms with E-state index in [9.17, 15) is 14.4 Å². The maximum Gasteiger partial charge on any atom is 0.314 e. The summed E-state index contributed by atoms with van der Waals surface area (Å²) in [7, 11) is 0. The van der Waals surface area contributed by atoms with E-state index in [-0.39, 0.29) is 29.0 Å². The fourth-order valence-corrected chi connectivity index (χ4v) is 2.28. The molecule has 0 amide bonds. The number of unbranched alkanes of at least 4 members (excludes halogenated alkanes) is 4. The second kappa shape index (κ2) is 10.7. The van der Waals surface area contributed by atoms with Gasteiger partial charge in [0.05, 0.1) is 11.5 Å². The summed E-state index contributed by atoms with van der Waals surface area (Å²) >= 11 is 0. The monoisotopic (exact) mass is 331 g/mol. The SMILES string of the molecule is CCCCCCCC(=O)c1ccc(OC(=O)C(C)CC)c([C]=O)c1. The number of ketones is 1. The molecule has 4 heteroatoms. The van der Waals surface area contributed by atoms with Crippen LogP contribution >= 0.6 is 0 Å². The minimum absolute atomic E-state index is 0.00259. The van der Waals surface area contributed by atoms with Gasteiger partial charge in [0.25, 0.3) is 0 Å². The molecule has 0 aliphatic rings. The first kappa shape index (κ1) is 20.1. The zero-order chi connectivity index (χ0) is 17.9. The molecule has 1 rings (SSSR count). The maximum atomic E-state index is 12.2. The zero-order valence-corrected chi connectivity index (χ0v) is 14.9. The molecule has 131 valence electrons. The van der Waals surface area contributed by atoms with Gasteiger partial charge in [-0.05, 0) is 31.0 Å². The normalized spacial score (nSPS) is 11.8. The quantitative estimate of drug-likeness (QED) is 0.256. The zero-order valence-electron chi connectivity index (χ0n) is 14.9. The summed E-state index contributed by atoms with van der Waals surface area (Å²) in [5.74, 6) is -0.462. The van der Waals surface area contributed by atoms with Crippen molar-refractivity contribution in [2.75, 3.05) is 0 Å². The predicted octanol–water partition coefficient (Wildman–Crippen LogP) is 4.64. The van der Waals surface area contributed by atoms with E-state index in [1.807, 2.05) is 6.92 Å². The Kier molecular flexibility index (Phi) is 8.98. The first-order valence-electron chi connectivity index (χ1n) is 8.80. The number of ether oxygens (including phenoxy) is 1. The molecule has 1 radical (unpaired) electrons. The second-order valence-electron chi connectivity index (χ2n) is 6.13. The van der Waals surface area contributed by atoms with Gasteiger partial charge in [0, 0.05) is 12.0 Å². The van der Waals surface area contributed by atoms with Gasteiger partial charge in [0.1, 0.15) is 5.75 Å². The highest BCUT2D eigenvalue weighted by Crippen LogP contribution is 2.21. The van der Waals surface area contributed by atoms with Gasteiger partial charge in [-0.1, -0.05) is 46.5 Å². The summed E-state index contributed by atoms with van der Waals surface area (Å²) in [6, 6.07) is 4.57. The topological polar surface area (TPSA) is 60.4 Å². The van der Waals surface area contributed by atoms with Gasteiger partial charge in [-0.3, -0.25) is 14.4 Å². The molecule has 0 aliphatic carbocycles. The van der Waals surface area contributed by atoms with E-state index in [0.29, 0.717) is 18.4 Å². The van der Waals surface area contributed by atoms with E-state index in [2.05, 4.69) is 6.92 Å². The number of esters is 1. The standard InChI is InChI=1S/C20H27O4/c1-4-6-7-8-9-10-18(22)16-11-12-19(17(13-16)14-21)24-20(23)15(3)5-2/h11-13,15H,4-10H2,1-3H3. The Balaban J connectivity index is 2.70. The lowest BCUT2D eigenvalue weighted by atomic mass is 10.0. The minimum Gasteiger partial charge on any atom is -0.426 e. The van der Waals surface area contributed by atoms with E-state index < -0.39 is 0 Å². The molecule has 0 N–H and O–H groups in total. The maximum absolute atomic E-state index is 12.2. The smallest absolute Gasteiger partial charge is 0.314 e. The van der Waals surface area contributed by atoms with Crippen molar-refractivity contribution in [2.24, 2.45) is 5.92 Å². The lowest BCUT2D eigenvalue weighted by Crippen LogP contribution is -2.17. The van der Waals surface area contributed by atoms with Crippen molar-refractivity contribution in [3.05, 3.63) is 29.3 Å². The van der Waals surface area contributed by atoms with Crippen molar-refractivity contribution in [3.8, 4) is 5.75 Å². The molecular weight excluding hydrogens is 304 g/mol. The van der Waals surface area contributed by atoms with Gasteiger partial charge >= 0.3 is 5.97 Å². The van der Waals surface area contributed by atoms with Crippen LogP contribution in [0.4, 0.5) is 0 Å². The number of hydrogen-bond donors (Lipinski definition) is 0. The Labute approximate surface area is 144 Å². The average molecular weight is 331 g/mol. The molecule has 1 atom stereocenters. The molecule has 0 spiro atoms. The largest absolute Gasteiger partial charge is 0.426 e. The third-order valence-electron chi connectivity index (χ3n) is 4.14. The number of hydrogen-bond acceptors (Lipinski definition) is 4. The molecule has 0 saturated heterocycles. The van der Waals surface area contributed by atoms with Crippen LogP contribution in [0, 0.1) is 5.92 Å². The molecule has 1 aromatic carbocycles. The molecule has 24 heavy (non-hydrogen) atoms. The number of Topliss-reactive ketones (excluding diaryl/α,β-unsaturated/α-hetero) is 1. The van der Waals surface area contributed by atoms with Crippen molar-refractivity contribution in [3.63, 3.8) is 0 Å². The highest BCUT2D eigenvalue weighted by Gasteiger charge is 2.17. The Morgan fingerprint density at radius 3 is 2.46 bits per heavy atom. The van der Waals surface area contributed by atoms with Gasteiger partial charge < -0.3 is 4.74 Å². The van der Waals surface area contributed by atoms with Crippen molar-refractivity contribution < 1.29 is 19.1 Å². The Hall–Kier alpha value is -1.97. The molecule has 0 heterocycles. The van der Waals surface area contributed by atoms with Crippen LogP contribution in [-0.2, 0) is 9.59 Å². The van der Waals surface area contributed by atoms with E-state index in [0.717, 1.165) is 19.3 Å². The van der Waals surface area contributed by atoms with Crippen molar-refractivity contribution >= 4 is 18.0 Å². The fraction of sp³-hybridized carbons (Fsp3) is 0.550. The third kappa shape index (κ3) is 6.26. The summed E-state index contributed by atoms with van der Waals surface area (Å²) in [6.45, 7) is 5.81. The summed E-state index contributed by atoms with van der Waals surface area (Å²) in [6.07, 6.45) is 8.27. The minimum atomic E-state index is -0.385. The molecule has 0 saturated carbocycles. The van der Waals surface area contributed by atoms with Crippen molar-refractivity contribution in [2.45, 2.75) is 65.7 Å². The molecule has 1 aromatic rings. The predicted molar refractivity (Wildman–Crippen MR) is 94.0 cm³/mol. The summed E-state index contributed by atoms with van der Waals surface area (Å²) in [5, 5.41) is 0. The fourth-order valence-electron chi connectivity index (χ4n) is 2.28. The van der Waals surface area contributed by atoms with Crippen LogP contribution in [0.3, 0.4) is 0 Å². The molecule has 0 aliphatic heterocycles. The molecule has 0 bridgehead atoms. The molecule has 0 fully saturated rings. The van der Waals surface area contributed by atoms with Crippen LogP contribution in [0.1, 0.15) is 81.6 Å². The second-order valence-corrected chi connectivity index (χ2v) is 6.13. The van der Waals surface area contributed by atoms with Crippen molar-refractivity contribution in [1.29, 1.82) is 0 Å². The lowest BCUT2D eigenvalue weighted by Gasteiger charge is -2.11. The van der Waals surface area contributed by atoms with E-state index in [1.54, 1.807) is 19.3 Å². The summed E-state index contributed by atoms with van der Waals surface area (Å²) < 4.78 is 5.24. The Bertz CT molecular complexity index is 563. The van der Waals surface area contributed by atoms with E-state index >= 15 is 0 Å². The van der Waals surface area contributed by atoms with Crippen LogP contribution in [0.5, 0.6) is 5.75 Å². The van der Waals surface area contributed by atoms with Crippen LogP contribution in [0.2, 0.25) is 0 Å². The van der Waals surface area contributed by atoms with Crippen LogP contribution in [-0.4, -0.2) is 18.0 Å². The number of rotatable bonds is 11.